The topological polar surface area (TPSA) is 85.4 Å². The summed E-state index contributed by atoms with van der Waals surface area (Å²) < 4.78 is 18.5. The highest BCUT2D eigenvalue weighted by Gasteiger charge is 2.27. The van der Waals surface area contributed by atoms with Gasteiger partial charge in [-0.1, -0.05) is 30.7 Å². The first-order valence-electron chi connectivity index (χ1n) is 8.63. The number of hydrogen-bond acceptors (Lipinski definition) is 4. The molecule has 1 aromatic heterocycles. The van der Waals surface area contributed by atoms with Crippen LogP contribution in [0.15, 0.2) is 36.5 Å². The average molecular weight is 395 g/mol. The molecule has 0 saturated carbocycles. The number of benzene rings is 1. The van der Waals surface area contributed by atoms with Gasteiger partial charge in [0, 0.05) is 12.6 Å². The summed E-state index contributed by atoms with van der Waals surface area (Å²) in [5.41, 5.74) is 6.39. The minimum absolute atomic E-state index is 0.0538. The minimum Gasteiger partial charge on any atom is -0.443 e. The van der Waals surface area contributed by atoms with Gasteiger partial charge in [-0.3, -0.25) is 4.98 Å². The van der Waals surface area contributed by atoms with Crippen LogP contribution in [0.25, 0.3) is 0 Å². The van der Waals surface area contributed by atoms with Crippen LogP contribution in [0.2, 0.25) is 5.02 Å². The van der Waals surface area contributed by atoms with Crippen molar-refractivity contribution in [1.29, 1.82) is 0 Å². The van der Waals surface area contributed by atoms with Crippen molar-refractivity contribution in [3.8, 4) is 0 Å². The zero-order chi connectivity index (χ0) is 20.2. The fourth-order valence-corrected chi connectivity index (χ4v) is 3.26. The molecule has 27 heavy (non-hydrogen) atoms. The molecule has 0 bridgehead atoms. The lowest BCUT2D eigenvalue weighted by atomic mass is 9.89. The van der Waals surface area contributed by atoms with Crippen LogP contribution in [0.1, 0.15) is 43.7 Å². The third-order valence-electron chi connectivity index (χ3n) is 4.28. The third kappa shape index (κ3) is 5.91. The molecule has 0 radical (unpaired) electrons. The maximum absolute atomic E-state index is 13.3. The zero-order valence-corrected chi connectivity index (χ0v) is 16.3. The Labute approximate surface area is 163 Å². The van der Waals surface area contributed by atoms with Crippen molar-refractivity contribution >= 4 is 17.7 Å². The van der Waals surface area contributed by atoms with E-state index in [0.717, 1.165) is 11.1 Å². The minimum atomic E-state index is -0.854. The number of nitrogens with zero attached hydrogens (tertiary/aromatic N) is 1. The lowest BCUT2D eigenvalue weighted by molar-refractivity contribution is 0.0447. The van der Waals surface area contributed by atoms with E-state index in [9.17, 15) is 14.3 Å². The molecule has 1 heterocycles. The van der Waals surface area contributed by atoms with Gasteiger partial charge in [0.25, 0.3) is 0 Å². The van der Waals surface area contributed by atoms with E-state index in [1.165, 1.54) is 6.07 Å². The van der Waals surface area contributed by atoms with E-state index in [1.807, 2.05) is 13.0 Å². The van der Waals surface area contributed by atoms with E-state index in [1.54, 1.807) is 38.2 Å². The van der Waals surface area contributed by atoms with Crippen LogP contribution in [0.5, 0.6) is 0 Å². The molecular weight excluding hydrogens is 371 g/mol. The van der Waals surface area contributed by atoms with Gasteiger partial charge in [0.1, 0.15) is 11.4 Å². The molecule has 7 heteroatoms. The summed E-state index contributed by atoms with van der Waals surface area (Å²) in [7, 11) is 0. The number of rotatable bonds is 7. The fourth-order valence-electron chi connectivity index (χ4n) is 3.05. The van der Waals surface area contributed by atoms with Crippen molar-refractivity contribution in [3.05, 3.63) is 64.2 Å². The molecule has 1 amide bonds. The maximum Gasteiger partial charge on any atom is 0.405 e. The molecule has 2 atom stereocenters. The summed E-state index contributed by atoms with van der Waals surface area (Å²) in [6, 6.07) is 8.11. The normalized spacial score (nSPS) is 13.9. The summed E-state index contributed by atoms with van der Waals surface area (Å²) in [6.45, 7) is 5.36. The van der Waals surface area contributed by atoms with E-state index >= 15 is 0 Å². The van der Waals surface area contributed by atoms with Gasteiger partial charge in [-0.15, -0.1) is 0 Å². The number of halogens is 2. The van der Waals surface area contributed by atoms with E-state index in [-0.39, 0.29) is 10.9 Å². The van der Waals surface area contributed by atoms with Crippen molar-refractivity contribution in [2.24, 2.45) is 11.7 Å². The Bertz CT molecular complexity index is 814. The molecule has 1 aromatic carbocycles. The molecule has 2 unspecified atom stereocenters. The first kappa shape index (κ1) is 21.1. The van der Waals surface area contributed by atoms with Gasteiger partial charge < -0.3 is 15.6 Å². The van der Waals surface area contributed by atoms with Gasteiger partial charge in [-0.2, -0.15) is 0 Å². The van der Waals surface area contributed by atoms with Crippen LogP contribution in [-0.4, -0.2) is 21.8 Å². The molecule has 146 valence electrons. The van der Waals surface area contributed by atoms with Gasteiger partial charge >= 0.3 is 6.09 Å². The molecule has 2 rings (SSSR count). The van der Waals surface area contributed by atoms with E-state index in [4.69, 9.17) is 22.1 Å². The maximum atomic E-state index is 13.3. The Morgan fingerprint density at radius 1 is 1.41 bits per heavy atom. The predicted molar refractivity (Wildman–Crippen MR) is 102 cm³/mol. The number of aliphatic hydroxyl groups is 1. The Kier molecular flexibility index (Phi) is 6.78. The molecule has 5 nitrogen and oxygen atoms in total. The molecule has 0 saturated heterocycles. The first-order chi connectivity index (χ1) is 12.6. The number of carbonyl (C=O) groups is 1. The largest absolute Gasteiger partial charge is 0.443 e. The molecular formula is C20H24ClFN2O3. The zero-order valence-electron chi connectivity index (χ0n) is 15.6. The molecule has 2 aromatic rings. The molecule has 0 fully saturated rings. The number of ether oxygens (including phenoxy) is 1. The van der Waals surface area contributed by atoms with Crippen molar-refractivity contribution < 1.29 is 19.0 Å². The second-order valence-corrected chi connectivity index (χ2v) is 7.69. The van der Waals surface area contributed by atoms with Gasteiger partial charge in [0.05, 0.1) is 16.8 Å². The van der Waals surface area contributed by atoms with Gasteiger partial charge in [0.15, 0.2) is 0 Å². The van der Waals surface area contributed by atoms with Gasteiger partial charge in [-0.05, 0) is 55.5 Å². The summed E-state index contributed by atoms with van der Waals surface area (Å²) in [5.74, 6) is -0.669. The predicted octanol–water partition coefficient (Wildman–Crippen LogP) is 4.20. The van der Waals surface area contributed by atoms with E-state index < -0.39 is 23.6 Å². The number of pyridine rings is 1. The molecule has 0 spiro atoms. The third-order valence-corrected chi connectivity index (χ3v) is 4.57. The Hall–Kier alpha value is -2.18. The van der Waals surface area contributed by atoms with Crippen LogP contribution >= 0.6 is 11.6 Å². The highest BCUT2D eigenvalue weighted by molar-refractivity contribution is 6.30. The number of aliphatic hydroxyl groups excluding tert-OH is 1. The molecule has 0 aliphatic carbocycles. The highest BCUT2D eigenvalue weighted by Crippen LogP contribution is 2.29. The second kappa shape index (κ2) is 8.67. The van der Waals surface area contributed by atoms with Crippen molar-refractivity contribution in [2.75, 3.05) is 0 Å². The second-order valence-electron chi connectivity index (χ2n) is 7.28. The molecule has 0 aliphatic rings. The number of carbonyl (C=O) groups excluding carboxylic acids is 1. The lowest BCUT2D eigenvalue weighted by Gasteiger charge is -2.27. The summed E-state index contributed by atoms with van der Waals surface area (Å²) in [6.07, 6.45) is 0.747. The lowest BCUT2D eigenvalue weighted by Crippen LogP contribution is -2.34. The number of nitrogens with two attached hydrogens (primary N) is 1. The van der Waals surface area contributed by atoms with Crippen LogP contribution < -0.4 is 5.73 Å². The smallest absolute Gasteiger partial charge is 0.405 e. The van der Waals surface area contributed by atoms with Gasteiger partial charge in [0.2, 0.25) is 0 Å². The van der Waals surface area contributed by atoms with Crippen LogP contribution in [-0.2, 0) is 17.6 Å². The first-order valence-corrected chi connectivity index (χ1v) is 9.01. The van der Waals surface area contributed by atoms with Crippen LogP contribution in [0.4, 0.5) is 9.18 Å². The summed E-state index contributed by atoms with van der Waals surface area (Å²) in [4.78, 5) is 15.4. The molecule has 0 aliphatic heterocycles. The number of aromatic nitrogens is 1. The van der Waals surface area contributed by atoms with Gasteiger partial charge in [-0.25, -0.2) is 9.18 Å². The number of hydrogen-bond donors (Lipinski definition) is 2. The van der Waals surface area contributed by atoms with Crippen molar-refractivity contribution in [2.45, 2.75) is 45.3 Å². The Morgan fingerprint density at radius 2 is 2.11 bits per heavy atom. The van der Waals surface area contributed by atoms with Crippen LogP contribution in [0.3, 0.4) is 0 Å². The van der Waals surface area contributed by atoms with Crippen molar-refractivity contribution in [3.63, 3.8) is 0 Å². The Balaban J connectivity index is 2.19. The summed E-state index contributed by atoms with van der Waals surface area (Å²) in [5, 5.41) is 10.9. The fraction of sp³-hybridized carbons (Fsp3) is 0.400. The Morgan fingerprint density at radius 3 is 2.74 bits per heavy atom. The molecule has 3 N–H and O–H groups in total. The van der Waals surface area contributed by atoms with Crippen LogP contribution in [0, 0.1) is 11.7 Å². The average Bonchev–Trinajstić information content (AvgIpc) is 2.56. The number of amides is 1. The standard InChI is InChI=1S/C20H24ClFN2O3/c1-12(9-13-6-7-16(22)15(21)10-13)18(25)17-14(5-4-8-24-17)11-20(2,3)27-19(23)26/h4-8,10,12,18,25H,9,11H2,1-3H3,(H2,23,26). The quantitative estimate of drug-likeness (QED) is 0.736. The van der Waals surface area contributed by atoms with Crippen molar-refractivity contribution in [1.82, 2.24) is 4.98 Å². The monoisotopic (exact) mass is 394 g/mol. The highest BCUT2D eigenvalue weighted by atomic mass is 35.5. The summed E-state index contributed by atoms with van der Waals surface area (Å²) >= 11 is 5.83. The van der Waals surface area contributed by atoms with E-state index in [2.05, 4.69) is 4.98 Å². The van der Waals surface area contributed by atoms with E-state index in [0.29, 0.717) is 18.5 Å². The number of primary amides is 1. The SMILES string of the molecule is CC(Cc1ccc(F)c(Cl)c1)C(O)c1ncccc1CC(C)(C)OC(N)=O.